The molecule has 22 heavy (non-hydrogen) atoms. The number of fused-ring (bicyclic) bond motifs is 5. The summed E-state index contributed by atoms with van der Waals surface area (Å²) in [7, 11) is 0. The Bertz CT molecular complexity index is 437. The minimum Gasteiger partial charge on any atom is -0.393 e. The van der Waals surface area contributed by atoms with Gasteiger partial charge in [0, 0.05) is 5.25 Å². The second kappa shape index (κ2) is 5.41. The maximum Gasteiger partial charge on any atom is 0.0543 e. The van der Waals surface area contributed by atoms with E-state index in [1.165, 1.54) is 44.9 Å². The smallest absolute Gasteiger partial charge is 0.0543 e. The lowest BCUT2D eigenvalue weighted by Crippen LogP contribution is -2.54. The van der Waals surface area contributed by atoms with E-state index in [1.54, 1.807) is 0 Å². The van der Waals surface area contributed by atoms with Gasteiger partial charge >= 0.3 is 0 Å². The molecule has 0 spiro atoms. The van der Waals surface area contributed by atoms with Crippen LogP contribution in [-0.2, 0) is 0 Å². The van der Waals surface area contributed by atoms with Crippen LogP contribution in [0.2, 0.25) is 0 Å². The highest BCUT2D eigenvalue weighted by atomic mass is 32.2. The molecule has 0 heterocycles. The first-order valence-corrected chi connectivity index (χ1v) is 11.0. The second-order valence-corrected chi connectivity index (χ2v) is 10.5. The fourth-order valence-corrected chi connectivity index (χ4v) is 8.78. The SMILES string of the molecule is CS[C@H]1CCC2C3CC[C@H]4C[C@H](O)CC[C@]4(C)C3CC[C@@]21C. The summed E-state index contributed by atoms with van der Waals surface area (Å²) in [6.45, 7) is 5.23. The van der Waals surface area contributed by atoms with Crippen molar-refractivity contribution >= 4 is 11.8 Å². The Labute approximate surface area is 141 Å². The van der Waals surface area contributed by atoms with Crippen LogP contribution in [0, 0.1) is 34.5 Å². The van der Waals surface area contributed by atoms with Crippen LogP contribution < -0.4 is 0 Å². The molecule has 1 N–H and O–H groups in total. The van der Waals surface area contributed by atoms with Gasteiger partial charge < -0.3 is 5.11 Å². The molecule has 8 atom stereocenters. The van der Waals surface area contributed by atoms with Crippen LogP contribution in [0.1, 0.15) is 71.6 Å². The topological polar surface area (TPSA) is 20.2 Å². The van der Waals surface area contributed by atoms with Crippen LogP contribution in [0.25, 0.3) is 0 Å². The molecule has 3 unspecified atom stereocenters. The summed E-state index contributed by atoms with van der Waals surface area (Å²) >= 11 is 2.15. The molecule has 0 bridgehead atoms. The van der Waals surface area contributed by atoms with E-state index >= 15 is 0 Å². The number of hydrogen-bond donors (Lipinski definition) is 1. The highest BCUT2D eigenvalue weighted by molar-refractivity contribution is 7.99. The summed E-state index contributed by atoms with van der Waals surface area (Å²) < 4.78 is 0. The third kappa shape index (κ3) is 2.08. The Hall–Kier alpha value is 0.310. The summed E-state index contributed by atoms with van der Waals surface area (Å²) in [6.07, 6.45) is 14.5. The van der Waals surface area contributed by atoms with Crippen LogP contribution >= 0.6 is 11.8 Å². The molecule has 0 amide bonds. The van der Waals surface area contributed by atoms with E-state index in [1.807, 2.05) is 0 Å². The normalized spacial score (nSPS) is 57.8. The molecule has 2 heteroatoms. The Morgan fingerprint density at radius 3 is 2.36 bits per heavy atom. The zero-order valence-electron chi connectivity index (χ0n) is 14.7. The van der Waals surface area contributed by atoms with Gasteiger partial charge in [0.2, 0.25) is 0 Å². The third-order valence-corrected chi connectivity index (χ3v) is 10.2. The molecular formula is C20H34OS. The van der Waals surface area contributed by atoms with Gasteiger partial charge in [-0.05, 0) is 98.5 Å². The third-order valence-electron chi connectivity index (χ3n) is 8.84. The number of hydrogen-bond acceptors (Lipinski definition) is 2. The van der Waals surface area contributed by atoms with E-state index in [4.69, 9.17) is 0 Å². The van der Waals surface area contributed by atoms with Crippen LogP contribution in [-0.4, -0.2) is 22.7 Å². The highest BCUT2D eigenvalue weighted by Gasteiger charge is 2.59. The summed E-state index contributed by atoms with van der Waals surface area (Å²) in [5, 5.41) is 11.0. The Balaban J connectivity index is 1.61. The predicted molar refractivity (Wildman–Crippen MR) is 95.0 cm³/mol. The number of aliphatic hydroxyl groups excluding tert-OH is 1. The second-order valence-electron chi connectivity index (χ2n) is 9.43. The van der Waals surface area contributed by atoms with Gasteiger partial charge in [-0.25, -0.2) is 0 Å². The largest absolute Gasteiger partial charge is 0.393 e. The van der Waals surface area contributed by atoms with Crippen LogP contribution in [0.3, 0.4) is 0 Å². The molecule has 0 aromatic carbocycles. The van der Waals surface area contributed by atoms with E-state index in [0.29, 0.717) is 10.8 Å². The highest BCUT2D eigenvalue weighted by Crippen LogP contribution is 2.67. The first kappa shape index (κ1) is 15.8. The summed E-state index contributed by atoms with van der Waals surface area (Å²) in [4.78, 5) is 0. The van der Waals surface area contributed by atoms with Gasteiger partial charge in [0.05, 0.1) is 6.10 Å². The minimum absolute atomic E-state index is 0.00386. The van der Waals surface area contributed by atoms with Crippen LogP contribution in [0.15, 0.2) is 0 Å². The van der Waals surface area contributed by atoms with Crippen molar-refractivity contribution in [1.29, 1.82) is 0 Å². The van der Waals surface area contributed by atoms with Gasteiger partial charge in [0.15, 0.2) is 0 Å². The molecule has 0 aromatic heterocycles. The van der Waals surface area contributed by atoms with Gasteiger partial charge in [0.25, 0.3) is 0 Å². The molecule has 4 aliphatic rings. The van der Waals surface area contributed by atoms with Gasteiger partial charge in [-0.15, -0.1) is 0 Å². The van der Waals surface area contributed by atoms with Gasteiger partial charge in [-0.1, -0.05) is 13.8 Å². The Morgan fingerprint density at radius 2 is 1.59 bits per heavy atom. The zero-order chi connectivity index (χ0) is 15.5. The molecule has 126 valence electrons. The van der Waals surface area contributed by atoms with Gasteiger partial charge in [-0.2, -0.15) is 11.8 Å². The summed E-state index contributed by atoms with van der Waals surface area (Å²) in [6, 6.07) is 0. The van der Waals surface area contributed by atoms with E-state index in [-0.39, 0.29) is 6.10 Å². The van der Waals surface area contributed by atoms with Crippen molar-refractivity contribution in [2.24, 2.45) is 34.5 Å². The van der Waals surface area contributed by atoms with Gasteiger partial charge in [0.1, 0.15) is 0 Å². The number of rotatable bonds is 1. The molecule has 4 fully saturated rings. The standard InChI is InChI=1S/C20H34OS/c1-19-10-8-14(21)12-13(19)4-5-15-16-6-7-18(22-3)20(16,2)11-9-17(15)19/h13-18,21H,4-12H2,1-3H3/t13-,14+,15?,16?,17?,18-,19-,20-/m0/s1. The van der Waals surface area contributed by atoms with Crippen molar-refractivity contribution in [1.82, 2.24) is 0 Å². The number of aliphatic hydroxyl groups is 1. The van der Waals surface area contributed by atoms with Crippen molar-refractivity contribution in [2.45, 2.75) is 83.0 Å². The molecule has 4 aliphatic carbocycles. The Kier molecular flexibility index (Phi) is 3.89. The van der Waals surface area contributed by atoms with Crippen LogP contribution in [0.5, 0.6) is 0 Å². The minimum atomic E-state index is -0.00386. The molecule has 0 aliphatic heterocycles. The molecular weight excluding hydrogens is 288 g/mol. The summed E-state index contributed by atoms with van der Waals surface area (Å²) in [5.74, 6) is 3.75. The number of thioether (sulfide) groups is 1. The fourth-order valence-electron chi connectivity index (χ4n) is 7.57. The van der Waals surface area contributed by atoms with Crippen molar-refractivity contribution in [3.8, 4) is 0 Å². The molecule has 4 rings (SSSR count). The lowest BCUT2D eigenvalue weighted by Gasteiger charge is -2.60. The molecule has 0 radical (unpaired) electrons. The average molecular weight is 323 g/mol. The maximum absolute atomic E-state index is 10.1. The van der Waals surface area contributed by atoms with Gasteiger partial charge in [-0.3, -0.25) is 0 Å². The van der Waals surface area contributed by atoms with E-state index in [2.05, 4.69) is 31.9 Å². The quantitative estimate of drug-likeness (QED) is 0.723. The lowest BCUT2D eigenvalue weighted by atomic mass is 9.45. The molecule has 4 saturated carbocycles. The van der Waals surface area contributed by atoms with Crippen molar-refractivity contribution in [2.75, 3.05) is 6.26 Å². The van der Waals surface area contributed by atoms with Crippen LogP contribution in [0.4, 0.5) is 0 Å². The average Bonchev–Trinajstić information content (AvgIpc) is 2.84. The van der Waals surface area contributed by atoms with E-state index < -0.39 is 0 Å². The first-order valence-electron chi connectivity index (χ1n) is 9.70. The zero-order valence-corrected chi connectivity index (χ0v) is 15.5. The Morgan fingerprint density at radius 1 is 0.864 bits per heavy atom. The van der Waals surface area contributed by atoms with Crippen molar-refractivity contribution < 1.29 is 5.11 Å². The van der Waals surface area contributed by atoms with Crippen molar-refractivity contribution in [3.63, 3.8) is 0 Å². The predicted octanol–water partition coefficient (Wildman–Crippen LogP) is 5.12. The van der Waals surface area contributed by atoms with E-state index in [9.17, 15) is 5.11 Å². The maximum atomic E-state index is 10.1. The molecule has 0 aromatic rings. The first-order chi connectivity index (χ1) is 10.5. The lowest BCUT2D eigenvalue weighted by molar-refractivity contribution is -0.120. The monoisotopic (exact) mass is 322 g/mol. The molecule has 0 saturated heterocycles. The molecule has 1 nitrogen and oxygen atoms in total. The van der Waals surface area contributed by atoms with Crippen molar-refractivity contribution in [3.05, 3.63) is 0 Å². The fraction of sp³-hybridized carbons (Fsp3) is 1.00. The summed E-state index contributed by atoms with van der Waals surface area (Å²) in [5.41, 5.74) is 1.17. The van der Waals surface area contributed by atoms with E-state index in [0.717, 1.165) is 41.8 Å².